The molecule has 0 bridgehead atoms. The first kappa shape index (κ1) is 12.4. The first-order valence-corrected chi connectivity index (χ1v) is 6.75. The summed E-state index contributed by atoms with van der Waals surface area (Å²) in [4.78, 5) is 0. The van der Waals surface area contributed by atoms with E-state index in [1.54, 1.807) is 0 Å². The van der Waals surface area contributed by atoms with Crippen molar-refractivity contribution in [2.45, 2.75) is 39.7 Å². The highest BCUT2D eigenvalue weighted by Gasteiger charge is 2.30. The number of ether oxygens (including phenoxy) is 1. The monoisotopic (exact) mass is 233 g/mol. The Morgan fingerprint density at radius 1 is 1.35 bits per heavy atom. The van der Waals surface area contributed by atoms with Crippen LogP contribution < -0.4 is 10.1 Å². The van der Waals surface area contributed by atoms with E-state index in [2.05, 4.69) is 37.4 Å². The van der Waals surface area contributed by atoms with Gasteiger partial charge in [0, 0.05) is 6.04 Å². The summed E-state index contributed by atoms with van der Waals surface area (Å²) in [5.41, 5.74) is 2.85. The van der Waals surface area contributed by atoms with Gasteiger partial charge in [0.05, 0.1) is 6.61 Å². The van der Waals surface area contributed by atoms with Crippen LogP contribution in [0.1, 0.15) is 44.4 Å². The van der Waals surface area contributed by atoms with Crippen LogP contribution in [0.25, 0.3) is 0 Å². The van der Waals surface area contributed by atoms with Gasteiger partial charge in [-0.1, -0.05) is 26.0 Å². The molecule has 0 aliphatic heterocycles. The minimum absolute atomic E-state index is 0.505. The molecule has 1 aliphatic rings. The second kappa shape index (κ2) is 5.54. The van der Waals surface area contributed by atoms with Gasteiger partial charge in [0.2, 0.25) is 0 Å². The minimum Gasteiger partial charge on any atom is -0.494 e. The second-order valence-corrected chi connectivity index (χ2v) is 4.87. The van der Waals surface area contributed by atoms with Crippen molar-refractivity contribution < 1.29 is 4.74 Å². The zero-order valence-corrected chi connectivity index (χ0v) is 11.1. The lowest BCUT2D eigenvalue weighted by molar-refractivity contribution is 0.336. The molecule has 0 radical (unpaired) electrons. The van der Waals surface area contributed by atoms with Crippen LogP contribution in [0, 0.1) is 5.92 Å². The SMILES string of the molecule is CCCNC1c2cccc(OCC)c2CC1C. The number of fused-ring (bicyclic) bond motifs is 1. The summed E-state index contributed by atoms with van der Waals surface area (Å²) in [6, 6.07) is 6.96. The summed E-state index contributed by atoms with van der Waals surface area (Å²) < 4.78 is 5.72. The second-order valence-electron chi connectivity index (χ2n) is 4.87. The molecule has 2 rings (SSSR count). The van der Waals surface area contributed by atoms with Crippen LogP contribution in [0.3, 0.4) is 0 Å². The van der Waals surface area contributed by atoms with Gasteiger partial charge in [0.15, 0.2) is 0 Å². The third-order valence-corrected chi connectivity index (χ3v) is 3.51. The molecule has 2 atom stereocenters. The fourth-order valence-electron chi connectivity index (χ4n) is 2.74. The van der Waals surface area contributed by atoms with Crippen LogP contribution in [0.2, 0.25) is 0 Å². The van der Waals surface area contributed by atoms with Gasteiger partial charge in [-0.25, -0.2) is 0 Å². The average molecular weight is 233 g/mol. The molecule has 0 aromatic heterocycles. The Morgan fingerprint density at radius 3 is 2.88 bits per heavy atom. The predicted octanol–water partition coefficient (Wildman–Crippen LogP) is 3.32. The molecule has 2 heteroatoms. The molecule has 17 heavy (non-hydrogen) atoms. The molecular weight excluding hydrogens is 210 g/mol. The molecular formula is C15H23NO. The maximum atomic E-state index is 5.72. The molecule has 0 saturated carbocycles. The number of rotatable bonds is 5. The van der Waals surface area contributed by atoms with Gasteiger partial charge in [-0.05, 0) is 49.4 Å². The van der Waals surface area contributed by atoms with E-state index in [9.17, 15) is 0 Å². The Bertz CT molecular complexity index is 375. The van der Waals surface area contributed by atoms with E-state index >= 15 is 0 Å². The van der Waals surface area contributed by atoms with Gasteiger partial charge >= 0.3 is 0 Å². The largest absolute Gasteiger partial charge is 0.494 e. The van der Waals surface area contributed by atoms with E-state index in [1.807, 2.05) is 6.92 Å². The average Bonchev–Trinajstić information content (AvgIpc) is 2.64. The number of nitrogens with one attached hydrogen (secondary N) is 1. The maximum Gasteiger partial charge on any atom is 0.122 e. The van der Waals surface area contributed by atoms with Gasteiger partial charge in [-0.3, -0.25) is 0 Å². The van der Waals surface area contributed by atoms with Crippen LogP contribution in [-0.4, -0.2) is 13.2 Å². The van der Waals surface area contributed by atoms with Gasteiger partial charge in [-0.2, -0.15) is 0 Å². The Balaban J connectivity index is 2.24. The van der Waals surface area contributed by atoms with Crippen molar-refractivity contribution in [3.63, 3.8) is 0 Å². The van der Waals surface area contributed by atoms with Gasteiger partial charge in [-0.15, -0.1) is 0 Å². The van der Waals surface area contributed by atoms with Gasteiger partial charge in [0.25, 0.3) is 0 Å². The Hall–Kier alpha value is -1.02. The summed E-state index contributed by atoms with van der Waals surface area (Å²) in [5.74, 6) is 1.75. The smallest absolute Gasteiger partial charge is 0.122 e. The highest BCUT2D eigenvalue weighted by atomic mass is 16.5. The summed E-state index contributed by atoms with van der Waals surface area (Å²) in [5, 5.41) is 3.65. The van der Waals surface area contributed by atoms with Crippen LogP contribution in [0.4, 0.5) is 0 Å². The molecule has 2 unspecified atom stereocenters. The fraction of sp³-hybridized carbons (Fsp3) is 0.600. The van der Waals surface area contributed by atoms with E-state index in [0.717, 1.165) is 25.3 Å². The first-order chi connectivity index (χ1) is 8.27. The molecule has 1 aromatic rings. The summed E-state index contributed by atoms with van der Waals surface area (Å²) >= 11 is 0. The lowest BCUT2D eigenvalue weighted by Crippen LogP contribution is -2.24. The Morgan fingerprint density at radius 2 is 2.18 bits per heavy atom. The molecule has 1 aromatic carbocycles. The lowest BCUT2D eigenvalue weighted by atomic mass is 10.0. The summed E-state index contributed by atoms with van der Waals surface area (Å²) in [7, 11) is 0. The predicted molar refractivity (Wildman–Crippen MR) is 71.5 cm³/mol. The minimum atomic E-state index is 0.505. The van der Waals surface area contributed by atoms with Crippen molar-refractivity contribution in [2.75, 3.05) is 13.2 Å². The third kappa shape index (κ3) is 2.47. The molecule has 94 valence electrons. The molecule has 1 aliphatic carbocycles. The number of hydrogen-bond acceptors (Lipinski definition) is 2. The molecule has 0 spiro atoms. The van der Waals surface area contributed by atoms with Crippen LogP contribution in [0.5, 0.6) is 5.75 Å². The van der Waals surface area contributed by atoms with Gasteiger partial charge < -0.3 is 10.1 Å². The molecule has 2 nitrogen and oxygen atoms in total. The molecule has 0 heterocycles. The first-order valence-electron chi connectivity index (χ1n) is 6.75. The molecule has 0 saturated heterocycles. The third-order valence-electron chi connectivity index (χ3n) is 3.51. The fourth-order valence-corrected chi connectivity index (χ4v) is 2.74. The van der Waals surface area contributed by atoms with Crippen molar-refractivity contribution in [3.8, 4) is 5.75 Å². The molecule has 0 amide bonds. The van der Waals surface area contributed by atoms with Crippen LogP contribution in [0.15, 0.2) is 18.2 Å². The zero-order valence-electron chi connectivity index (χ0n) is 11.1. The highest BCUT2D eigenvalue weighted by molar-refractivity contribution is 5.45. The maximum absolute atomic E-state index is 5.72. The Labute approximate surface area is 104 Å². The van der Waals surface area contributed by atoms with E-state index < -0.39 is 0 Å². The quantitative estimate of drug-likeness (QED) is 0.842. The summed E-state index contributed by atoms with van der Waals surface area (Å²) in [6.07, 6.45) is 2.32. The Kier molecular flexibility index (Phi) is 4.06. The standard InChI is InChI=1S/C15H23NO/c1-4-9-16-15-11(3)10-13-12(15)7-6-8-14(13)17-5-2/h6-8,11,15-16H,4-5,9-10H2,1-3H3. The van der Waals surface area contributed by atoms with Crippen LogP contribution >= 0.6 is 0 Å². The molecule has 0 fully saturated rings. The number of hydrogen-bond donors (Lipinski definition) is 1. The lowest BCUT2D eigenvalue weighted by Gasteiger charge is -2.18. The van der Waals surface area contributed by atoms with Crippen LogP contribution in [-0.2, 0) is 6.42 Å². The number of benzene rings is 1. The zero-order chi connectivity index (χ0) is 12.3. The van der Waals surface area contributed by atoms with Crippen molar-refractivity contribution in [3.05, 3.63) is 29.3 Å². The normalized spacial score (nSPS) is 22.5. The van der Waals surface area contributed by atoms with Crippen molar-refractivity contribution in [1.82, 2.24) is 5.32 Å². The summed E-state index contributed by atoms with van der Waals surface area (Å²) in [6.45, 7) is 8.42. The van der Waals surface area contributed by atoms with Crippen molar-refractivity contribution >= 4 is 0 Å². The molecule has 1 N–H and O–H groups in total. The van der Waals surface area contributed by atoms with E-state index in [4.69, 9.17) is 4.74 Å². The van der Waals surface area contributed by atoms with E-state index in [1.165, 1.54) is 17.5 Å². The van der Waals surface area contributed by atoms with E-state index in [-0.39, 0.29) is 0 Å². The van der Waals surface area contributed by atoms with E-state index in [0.29, 0.717) is 12.0 Å². The van der Waals surface area contributed by atoms with Crippen molar-refractivity contribution in [1.29, 1.82) is 0 Å². The highest BCUT2D eigenvalue weighted by Crippen LogP contribution is 2.40. The van der Waals surface area contributed by atoms with Crippen molar-refractivity contribution in [2.24, 2.45) is 5.92 Å². The van der Waals surface area contributed by atoms with Gasteiger partial charge in [0.1, 0.15) is 5.75 Å². The topological polar surface area (TPSA) is 21.3 Å².